The number of rotatable bonds is 0. The molecule has 0 aliphatic carbocycles. The number of aliphatic imine (C=N–C) groups is 1. The van der Waals surface area contributed by atoms with Gasteiger partial charge in [-0.1, -0.05) is 0 Å². The number of likely N-dealkylation sites (tertiary alicyclic amines) is 1. The third-order valence-electron chi connectivity index (χ3n) is 3.28. The van der Waals surface area contributed by atoms with E-state index in [9.17, 15) is 18.0 Å². The van der Waals surface area contributed by atoms with Crippen LogP contribution in [0.5, 0.6) is 0 Å². The summed E-state index contributed by atoms with van der Waals surface area (Å²) in [5, 5.41) is 0. The number of carbonyl (C=O) groups is 1. The molecule has 1 saturated heterocycles. The van der Waals surface area contributed by atoms with E-state index in [0.717, 1.165) is 4.90 Å². The van der Waals surface area contributed by atoms with Crippen molar-refractivity contribution in [2.45, 2.75) is 44.6 Å². The maximum atomic E-state index is 12.7. The van der Waals surface area contributed by atoms with Crippen LogP contribution < -0.4 is 0 Å². The molecule has 0 aromatic heterocycles. The number of alkyl halides is 3. The van der Waals surface area contributed by atoms with Gasteiger partial charge in [-0.25, -0.2) is 4.79 Å². The fraction of sp³-hybridized carbons (Fsp3) is 0.833. The average molecular weight is 293 g/mol. The van der Waals surface area contributed by atoms with Crippen molar-refractivity contribution in [2.75, 3.05) is 20.1 Å². The van der Waals surface area contributed by atoms with E-state index >= 15 is 0 Å². The third kappa shape index (κ3) is 2.83. The van der Waals surface area contributed by atoms with Gasteiger partial charge in [0.15, 0.2) is 0 Å². The van der Waals surface area contributed by atoms with Crippen LogP contribution >= 0.6 is 0 Å². The quantitative estimate of drug-likeness (QED) is 0.685. The van der Waals surface area contributed by atoms with E-state index in [2.05, 4.69) is 4.99 Å². The Hall–Kier alpha value is -1.47. The smallest absolute Gasteiger partial charge is 0.444 e. The molecule has 0 radical (unpaired) electrons. The minimum atomic E-state index is -4.45. The summed E-state index contributed by atoms with van der Waals surface area (Å²) in [6.07, 6.45) is -4.96. The Labute approximate surface area is 115 Å². The van der Waals surface area contributed by atoms with Gasteiger partial charge >= 0.3 is 12.3 Å². The topological polar surface area (TPSA) is 45.1 Å². The van der Waals surface area contributed by atoms with Crippen molar-refractivity contribution in [3.63, 3.8) is 0 Å². The first-order valence-electron chi connectivity index (χ1n) is 6.35. The van der Waals surface area contributed by atoms with Gasteiger partial charge < -0.3 is 14.5 Å². The Morgan fingerprint density at radius 2 is 1.90 bits per heavy atom. The molecule has 1 fully saturated rings. The second-order valence-corrected chi connectivity index (χ2v) is 6.08. The van der Waals surface area contributed by atoms with Crippen molar-refractivity contribution in [1.82, 2.24) is 9.80 Å². The molecule has 2 aliphatic heterocycles. The van der Waals surface area contributed by atoms with Crippen LogP contribution in [-0.2, 0) is 4.74 Å². The van der Waals surface area contributed by atoms with Crippen LogP contribution in [0.25, 0.3) is 0 Å². The van der Waals surface area contributed by atoms with Crippen LogP contribution in [0, 0.1) is 0 Å². The lowest BCUT2D eigenvalue weighted by molar-refractivity contribution is -0.0675. The van der Waals surface area contributed by atoms with Gasteiger partial charge in [0.25, 0.3) is 0 Å². The molecule has 0 spiro atoms. The lowest BCUT2D eigenvalue weighted by Gasteiger charge is -2.26. The monoisotopic (exact) mass is 293 g/mol. The molecule has 5 nitrogen and oxygen atoms in total. The molecule has 114 valence electrons. The zero-order valence-corrected chi connectivity index (χ0v) is 11.9. The molecule has 0 aromatic rings. The molecule has 0 N–H and O–H groups in total. The number of likely N-dealkylation sites (N-methyl/N-ethyl adjacent to an activating group) is 1. The van der Waals surface area contributed by atoms with Crippen molar-refractivity contribution < 1.29 is 22.7 Å². The van der Waals surface area contributed by atoms with Gasteiger partial charge in [0.1, 0.15) is 5.60 Å². The first-order valence-corrected chi connectivity index (χ1v) is 6.35. The van der Waals surface area contributed by atoms with Crippen LogP contribution in [-0.4, -0.2) is 65.7 Å². The molecule has 8 heteroatoms. The third-order valence-corrected chi connectivity index (χ3v) is 3.28. The summed E-state index contributed by atoms with van der Waals surface area (Å²) in [4.78, 5) is 18.1. The van der Waals surface area contributed by atoms with Gasteiger partial charge in [0.05, 0.1) is 12.1 Å². The number of carbonyl (C=O) groups excluding carboxylic acids is 1. The van der Waals surface area contributed by atoms with Gasteiger partial charge in [-0.05, 0) is 20.8 Å². The predicted octanol–water partition coefficient (Wildman–Crippen LogP) is 1.88. The molecule has 0 bridgehead atoms. The molecule has 2 atom stereocenters. The highest BCUT2D eigenvalue weighted by molar-refractivity contribution is 5.90. The number of nitrogens with zero attached hydrogens (tertiary/aromatic N) is 3. The summed E-state index contributed by atoms with van der Waals surface area (Å²) in [7, 11) is 1.36. The lowest BCUT2D eigenvalue weighted by Crippen LogP contribution is -2.44. The van der Waals surface area contributed by atoms with Gasteiger partial charge in [-0.3, -0.25) is 4.99 Å². The SMILES string of the molecule is CN1C(C(F)(F)F)=NC2CN(C(=O)OC(C)(C)C)CC21. The zero-order chi connectivity index (χ0) is 15.3. The standard InChI is InChI=1S/C12H18F3N3O2/c1-11(2,3)20-10(19)18-5-7-8(6-18)17(4)9(16-7)12(13,14)15/h7-8H,5-6H2,1-4H3. The normalized spacial score (nSPS) is 26.6. The van der Waals surface area contributed by atoms with E-state index in [4.69, 9.17) is 4.74 Å². The highest BCUT2D eigenvalue weighted by Gasteiger charge is 2.51. The van der Waals surface area contributed by atoms with E-state index < -0.39 is 35.8 Å². The minimum Gasteiger partial charge on any atom is -0.444 e. The number of hydrogen-bond donors (Lipinski definition) is 0. The number of amidine groups is 1. The Balaban J connectivity index is 2.05. The summed E-state index contributed by atoms with van der Waals surface area (Å²) >= 11 is 0. The van der Waals surface area contributed by atoms with Crippen molar-refractivity contribution in [1.29, 1.82) is 0 Å². The molecule has 20 heavy (non-hydrogen) atoms. The highest BCUT2D eigenvalue weighted by Crippen LogP contribution is 2.31. The number of halogens is 3. The van der Waals surface area contributed by atoms with Crippen molar-refractivity contribution >= 4 is 11.9 Å². The lowest BCUT2D eigenvalue weighted by atomic mass is 10.2. The fourth-order valence-electron chi connectivity index (χ4n) is 2.43. The molecule has 0 aromatic carbocycles. The maximum Gasteiger partial charge on any atom is 0.449 e. The number of fused-ring (bicyclic) bond motifs is 1. The average Bonchev–Trinajstić information content (AvgIpc) is 2.75. The molecule has 2 rings (SSSR count). The molecule has 2 heterocycles. The second-order valence-electron chi connectivity index (χ2n) is 6.08. The molecule has 0 saturated carbocycles. The van der Waals surface area contributed by atoms with E-state index in [1.807, 2.05) is 0 Å². The Morgan fingerprint density at radius 1 is 1.30 bits per heavy atom. The van der Waals surface area contributed by atoms with Crippen LogP contribution in [0.3, 0.4) is 0 Å². The Morgan fingerprint density at radius 3 is 2.35 bits per heavy atom. The first-order chi connectivity index (χ1) is 8.99. The van der Waals surface area contributed by atoms with E-state index in [1.165, 1.54) is 11.9 Å². The van der Waals surface area contributed by atoms with E-state index in [-0.39, 0.29) is 13.1 Å². The molecular weight excluding hydrogens is 275 g/mol. The van der Waals surface area contributed by atoms with Gasteiger partial charge in [-0.15, -0.1) is 0 Å². The second kappa shape index (κ2) is 4.53. The van der Waals surface area contributed by atoms with Crippen molar-refractivity contribution in [2.24, 2.45) is 4.99 Å². The summed E-state index contributed by atoms with van der Waals surface area (Å²) in [6.45, 7) is 5.58. The summed E-state index contributed by atoms with van der Waals surface area (Å²) in [5.74, 6) is -0.865. The van der Waals surface area contributed by atoms with Crippen LogP contribution in [0.15, 0.2) is 4.99 Å². The molecular formula is C12H18F3N3O2. The zero-order valence-electron chi connectivity index (χ0n) is 11.9. The fourth-order valence-corrected chi connectivity index (χ4v) is 2.43. The van der Waals surface area contributed by atoms with Gasteiger partial charge in [0.2, 0.25) is 5.84 Å². The largest absolute Gasteiger partial charge is 0.449 e. The maximum absolute atomic E-state index is 12.7. The number of hydrogen-bond acceptors (Lipinski definition) is 4. The van der Waals surface area contributed by atoms with Crippen molar-refractivity contribution in [3.8, 4) is 0 Å². The first kappa shape index (κ1) is 14.9. The van der Waals surface area contributed by atoms with Crippen LogP contribution in [0.4, 0.5) is 18.0 Å². The van der Waals surface area contributed by atoms with E-state index in [1.54, 1.807) is 20.8 Å². The Kier molecular flexibility index (Phi) is 3.38. The van der Waals surface area contributed by atoms with Crippen molar-refractivity contribution in [3.05, 3.63) is 0 Å². The predicted molar refractivity (Wildman–Crippen MR) is 66.6 cm³/mol. The summed E-state index contributed by atoms with van der Waals surface area (Å²) in [5.41, 5.74) is -0.624. The van der Waals surface area contributed by atoms with Gasteiger partial charge in [0, 0.05) is 20.1 Å². The Bertz CT molecular complexity index is 442. The molecule has 2 aliphatic rings. The minimum absolute atomic E-state index is 0.156. The summed E-state index contributed by atoms with van der Waals surface area (Å²) in [6, 6.07) is -0.969. The highest BCUT2D eigenvalue weighted by atomic mass is 19.4. The van der Waals surface area contributed by atoms with E-state index in [0.29, 0.717) is 0 Å². The molecule has 2 unspecified atom stereocenters. The van der Waals surface area contributed by atoms with Gasteiger partial charge in [-0.2, -0.15) is 13.2 Å². The number of ether oxygens (including phenoxy) is 1. The van der Waals surface area contributed by atoms with Crippen LogP contribution in [0.1, 0.15) is 20.8 Å². The molecule has 1 amide bonds. The number of amides is 1. The summed E-state index contributed by atoms with van der Waals surface area (Å²) < 4.78 is 43.4. The van der Waals surface area contributed by atoms with Crippen LogP contribution in [0.2, 0.25) is 0 Å².